The highest BCUT2D eigenvalue weighted by molar-refractivity contribution is 7.43. The molecular formula is C20H26N2P+. The number of nitrogens with zero attached hydrogens (tertiary/aromatic N) is 2. The van der Waals surface area contributed by atoms with Crippen molar-refractivity contribution in [3.63, 3.8) is 0 Å². The smallest absolute Gasteiger partial charge is 0.180 e. The van der Waals surface area contributed by atoms with Gasteiger partial charge in [0.25, 0.3) is 0 Å². The van der Waals surface area contributed by atoms with Crippen LogP contribution in [0.25, 0.3) is 0 Å². The van der Waals surface area contributed by atoms with Crippen LogP contribution >= 0.6 is 8.88 Å². The van der Waals surface area contributed by atoms with Crippen molar-refractivity contribution in [3.8, 4) is 0 Å². The molecule has 0 amide bonds. The maximum Gasteiger partial charge on any atom is 0.180 e. The molecule has 2 aromatic rings. The van der Waals surface area contributed by atoms with E-state index in [4.69, 9.17) is 0 Å². The zero-order valence-electron chi connectivity index (χ0n) is 14.9. The normalized spacial score (nSPS) is 14.0. The number of aryl methyl sites for hydroxylation is 6. The molecule has 0 aromatic heterocycles. The van der Waals surface area contributed by atoms with Gasteiger partial charge in [0.1, 0.15) is 0 Å². The van der Waals surface area contributed by atoms with E-state index in [1.54, 1.807) is 0 Å². The van der Waals surface area contributed by atoms with Crippen molar-refractivity contribution in [3.05, 3.63) is 70.0 Å². The van der Waals surface area contributed by atoms with E-state index in [0.29, 0.717) is 0 Å². The number of anilines is 2. The SMILES string of the molecule is Cc1cc(C)c(N2C=CN(c3c(C)cc(C)cc3C)[PH2+]2)c(C)c1. The van der Waals surface area contributed by atoms with E-state index in [2.05, 4.69) is 87.5 Å². The summed E-state index contributed by atoms with van der Waals surface area (Å²) in [4.78, 5) is 0. The highest BCUT2D eigenvalue weighted by Crippen LogP contribution is 2.44. The summed E-state index contributed by atoms with van der Waals surface area (Å²) in [6.45, 7) is 13.2. The second-order valence-corrected chi connectivity index (χ2v) is 8.07. The van der Waals surface area contributed by atoms with Gasteiger partial charge in [0, 0.05) is 0 Å². The van der Waals surface area contributed by atoms with Crippen LogP contribution in [0.1, 0.15) is 33.4 Å². The summed E-state index contributed by atoms with van der Waals surface area (Å²) in [7, 11) is 0.000246. The molecule has 23 heavy (non-hydrogen) atoms. The zero-order valence-corrected chi connectivity index (χ0v) is 16.1. The highest BCUT2D eigenvalue weighted by atomic mass is 31.1. The molecule has 1 heterocycles. The molecule has 3 rings (SSSR count). The van der Waals surface area contributed by atoms with Crippen molar-refractivity contribution >= 4 is 20.3 Å². The van der Waals surface area contributed by atoms with Gasteiger partial charge in [0.05, 0.1) is 23.8 Å². The molecule has 1 aliphatic rings. The van der Waals surface area contributed by atoms with Crippen molar-refractivity contribution in [1.29, 1.82) is 0 Å². The Labute approximate surface area is 141 Å². The Morgan fingerprint density at radius 2 is 0.870 bits per heavy atom. The van der Waals surface area contributed by atoms with Gasteiger partial charge < -0.3 is 0 Å². The van der Waals surface area contributed by atoms with Gasteiger partial charge in [-0.1, -0.05) is 35.4 Å². The van der Waals surface area contributed by atoms with Crippen molar-refractivity contribution < 1.29 is 0 Å². The van der Waals surface area contributed by atoms with E-state index in [0.717, 1.165) is 0 Å². The Morgan fingerprint density at radius 3 is 1.17 bits per heavy atom. The van der Waals surface area contributed by atoms with Crippen LogP contribution in [0.5, 0.6) is 0 Å². The third-order valence-corrected chi connectivity index (χ3v) is 5.78. The minimum Gasteiger partial charge on any atom is -0.206 e. The quantitative estimate of drug-likeness (QED) is 0.665. The highest BCUT2D eigenvalue weighted by Gasteiger charge is 2.26. The van der Waals surface area contributed by atoms with E-state index >= 15 is 0 Å². The molecule has 0 spiro atoms. The molecule has 0 saturated heterocycles. The summed E-state index contributed by atoms with van der Waals surface area (Å²) >= 11 is 0. The third-order valence-electron chi connectivity index (χ3n) is 4.42. The predicted octanol–water partition coefficient (Wildman–Crippen LogP) is 5.58. The van der Waals surface area contributed by atoms with Gasteiger partial charge >= 0.3 is 0 Å². The Morgan fingerprint density at radius 1 is 0.565 bits per heavy atom. The number of rotatable bonds is 2. The first-order valence-electron chi connectivity index (χ1n) is 8.12. The van der Waals surface area contributed by atoms with Gasteiger partial charge in [-0.15, -0.1) is 0 Å². The van der Waals surface area contributed by atoms with Gasteiger partial charge in [0.15, 0.2) is 8.88 Å². The van der Waals surface area contributed by atoms with Crippen LogP contribution in [0, 0.1) is 41.5 Å². The second-order valence-electron chi connectivity index (χ2n) is 6.72. The molecule has 0 aliphatic carbocycles. The molecule has 0 fully saturated rings. The first-order valence-corrected chi connectivity index (χ1v) is 9.16. The van der Waals surface area contributed by atoms with Crippen LogP contribution in [-0.2, 0) is 0 Å². The Bertz CT molecular complexity index is 681. The minimum atomic E-state index is 0.000246. The van der Waals surface area contributed by atoms with Crippen molar-refractivity contribution in [2.24, 2.45) is 0 Å². The molecular weight excluding hydrogens is 299 g/mol. The van der Waals surface area contributed by atoms with Crippen LogP contribution < -0.4 is 9.34 Å². The van der Waals surface area contributed by atoms with Crippen LogP contribution in [0.3, 0.4) is 0 Å². The summed E-state index contributed by atoms with van der Waals surface area (Å²) in [5, 5.41) is 0. The summed E-state index contributed by atoms with van der Waals surface area (Å²) in [6, 6.07) is 9.11. The molecule has 0 radical (unpaired) electrons. The minimum absolute atomic E-state index is 0.000246. The number of hydrogen-bond acceptors (Lipinski definition) is 2. The standard InChI is InChI=1S/C20H25N2P/c1-13-9-15(3)19(16(4)10-13)21-7-8-22(23-21)20-17(5)11-14(2)12-18(20)6/h7-12,23H,1-6H3/p+1. The second kappa shape index (κ2) is 6.02. The monoisotopic (exact) mass is 325 g/mol. The lowest BCUT2D eigenvalue weighted by molar-refractivity contribution is 1.27. The summed E-state index contributed by atoms with van der Waals surface area (Å²) in [5.41, 5.74) is 10.8. The first-order chi connectivity index (χ1) is 10.9. The fourth-order valence-electron chi connectivity index (χ4n) is 3.78. The van der Waals surface area contributed by atoms with Crippen molar-refractivity contribution in [2.75, 3.05) is 9.34 Å². The Hall–Kier alpha value is -1.79. The molecule has 0 N–H and O–H groups in total. The van der Waals surface area contributed by atoms with Crippen molar-refractivity contribution in [1.82, 2.24) is 0 Å². The lowest BCUT2D eigenvalue weighted by Crippen LogP contribution is -2.10. The zero-order chi connectivity index (χ0) is 16.7. The third kappa shape index (κ3) is 3.01. The topological polar surface area (TPSA) is 6.48 Å². The molecule has 0 bridgehead atoms. The summed E-state index contributed by atoms with van der Waals surface area (Å²) in [5.74, 6) is 0. The predicted molar refractivity (Wildman–Crippen MR) is 105 cm³/mol. The fraction of sp³-hybridized carbons (Fsp3) is 0.300. The first kappa shape index (κ1) is 16.1. The van der Waals surface area contributed by atoms with Crippen LogP contribution in [-0.4, -0.2) is 0 Å². The van der Waals surface area contributed by atoms with Gasteiger partial charge in [-0.2, -0.15) is 0 Å². The molecule has 2 aromatic carbocycles. The molecule has 0 unspecified atom stereocenters. The average molecular weight is 325 g/mol. The van der Waals surface area contributed by atoms with Crippen LogP contribution in [0.4, 0.5) is 11.4 Å². The van der Waals surface area contributed by atoms with E-state index in [-0.39, 0.29) is 8.88 Å². The van der Waals surface area contributed by atoms with E-state index in [1.165, 1.54) is 44.8 Å². The number of hydrogen-bond donors (Lipinski definition) is 0. The fourth-order valence-corrected chi connectivity index (χ4v) is 5.40. The maximum absolute atomic E-state index is 2.43. The molecule has 0 atom stereocenters. The molecule has 3 heteroatoms. The Balaban J connectivity index is 1.93. The van der Waals surface area contributed by atoms with Gasteiger partial charge in [0.2, 0.25) is 0 Å². The van der Waals surface area contributed by atoms with Gasteiger partial charge in [-0.3, -0.25) is 0 Å². The lowest BCUT2D eigenvalue weighted by Gasteiger charge is -2.20. The van der Waals surface area contributed by atoms with E-state index in [1.807, 2.05) is 0 Å². The maximum atomic E-state index is 2.43. The van der Waals surface area contributed by atoms with Crippen LogP contribution in [0.15, 0.2) is 36.7 Å². The van der Waals surface area contributed by atoms with Crippen molar-refractivity contribution in [2.45, 2.75) is 41.5 Å². The average Bonchev–Trinajstić information content (AvgIpc) is 2.85. The van der Waals surface area contributed by atoms with E-state index in [9.17, 15) is 0 Å². The van der Waals surface area contributed by atoms with Gasteiger partial charge in [-0.25, -0.2) is 9.34 Å². The van der Waals surface area contributed by atoms with Gasteiger partial charge in [-0.05, 0) is 63.8 Å². The number of benzene rings is 2. The van der Waals surface area contributed by atoms with E-state index < -0.39 is 0 Å². The lowest BCUT2D eigenvalue weighted by atomic mass is 10.1. The Kier molecular flexibility index (Phi) is 4.21. The summed E-state index contributed by atoms with van der Waals surface area (Å²) in [6.07, 6.45) is 4.47. The largest absolute Gasteiger partial charge is 0.206 e. The molecule has 120 valence electrons. The molecule has 0 saturated carbocycles. The summed E-state index contributed by atoms with van der Waals surface area (Å²) < 4.78 is 4.87. The molecule has 1 aliphatic heterocycles. The molecule has 2 nitrogen and oxygen atoms in total. The van der Waals surface area contributed by atoms with Crippen LogP contribution in [0.2, 0.25) is 0 Å².